The van der Waals surface area contributed by atoms with Crippen molar-refractivity contribution in [2.45, 2.75) is 232 Å². The molecule has 2 heteroatoms. The van der Waals surface area contributed by atoms with Crippen LogP contribution in [0.1, 0.15) is 226 Å². The summed E-state index contributed by atoms with van der Waals surface area (Å²) in [6, 6.07) is 0.832. The molecule has 0 aromatic rings. The molecule has 0 aromatic heterocycles. The number of rotatable bonds is 34. The zero-order chi connectivity index (χ0) is 28.5. The van der Waals surface area contributed by atoms with Gasteiger partial charge >= 0.3 is 0 Å². The van der Waals surface area contributed by atoms with E-state index in [9.17, 15) is 0 Å². The number of hydrogen-bond acceptors (Lipinski definition) is 1. The van der Waals surface area contributed by atoms with Crippen LogP contribution in [0.2, 0.25) is 0 Å². The summed E-state index contributed by atoms with van der Waals surface area (Å²) in [6.45, 7) is 8.31. The van der Waals surface area contributed by atoms with E-state index in [0.717, 1.165) is 6.04 Å². The molecule has 0 radical (unpaired) electrons. The first kappa shape index (κ1) is 42.4. The molecule has 0 spiro atoms. The Morgan fingerprint density at radius 2 is 0.600 bits per heavy atom. The molecule has 0 bridgehead atoms. The summed E-state index contributed by atoms with van der Waals surface area (Å²) >= 11 is 0. The van der Waals surface area contributed by atoms with Gasteiger partial charge in [-0.15, -0.1) is 12.4 Å². The Balaban J connectivity index is 0. The average Bonchev–Trinajstić information content (AvgIpc) is 2.94. The smallest absolute Gasteiger partial charge is 0.00921 e. The molecule has 0 aromatic carbocycles. The third-order valence-electron chi connectivity index (χ3n) is 9.25. The van der Waals surface area contributed by atoms with Gasteiger partial charge in [-0.2, -0.15) is 0 Å². The molecule has 244 valence electrons. The van der Waals surface area contributed by atoms with Gasteiger partial charge in [-0.05, 0) is 32.9 Å². The highest BCUT2D eigenvalue weighted by Crippen LogP contribution is 2.18. The van der Waals surface area contributed by atoms with Gasteiger partial charge in [-0.1, -0.05) is 207 Å². The van der Waals surface area contributed by atoms with Crippen LogP contribution in [-0.2, 0) is 0 Å². The van der Waals surface area contributed by atoms with Crippen LogP contribution in [0.15, 0.2) is 0 Å². The lowest BCUT2D eigenvalue weighted by molar-refractivity contribution is 0.208. The number of hydrogen-bond donors (Lipinski definition) is 0. The summed E-state index contributed by atoms with van der Waals surface area (Å²) in [5.74, 6) is 0. The first-order valence-corrected chi connectivity index (χ1v) is 19.0. The zero-order valence-corrected chi connectivity index (χ0v) is 29.6. The lowest BCUT2D eigenvalue weighted by Crippen LogP contribution is -2.32. The first-order chi connectivity index (χ1) is 19.3. The third-order valence-corrected chi connectivity index (χ3v) is 9.25. The second-order valence-corrected chi connectivity index (χ2v) is 13.3. The lowest BCUT2D eigenvalue weighted by Gasteiger charge is -2.28. The fraction of sp³-hybridized carbons (Fsp3) is 1.00. The fourth-order valence-electron chi connectivity index (χ4n) is 6.41. The lowest BCUT2D eigenvalue weighted by atomic mass is 10.0. The normalized spacial score (nSPS) is 12.2. The minimum absolute atomic E-state index is 0. The minimum atomic E-state index is 0. The zero-order valence-electron chi connectivity index (χ0n) is 28.8. The molecule has 1 atom stereocenters. The van der Waals surface area contributed by atoms with E-state index in [1.165, 1.54) is 212 Å². The Morgan fingerprint density at radius 1 is 0.325 bits per heavy atom. The number of halogens is 1. The fourth-order valence-corrected chi connectivity index (χ4v) is 6.41. The third kappa shape index (κ3) is 32.8. The molecule has 0 amide bonds. The van der Waals surface area contributed by atoms with Crippen LogP contribution in [-0.4, -0.2) is 24.5 Å². The maximum Gasteiger partial charge on any atom is 0.00921 e. The van der Waals surface area contributed by atoms with Crippen LogP contribution >= 0.6 is 12.4 Å². The van der Waals surface area contributed by atoms with Crippen LogP contribution in [0.5, 0.6) is 0 Å². The van der Waals surface area contributed by atoms with Gasteiger partial charge in [0.05, 0.1) is 0 Å². The Labute approximate surface area is 262 Å². The second-order valence-electron chi connectivity index (χ2n) is 13.3. The minimum Gasteiger partial charge on any atom is -0.303 e. The first-order valence-electron chi connectivity index (χ1n) is 19.0. The van der Waals surface area contributed by atoms with Crippen molar-refractivity contribution in [2.24, 2.45) is 0 Å². The predicted molar refractivity (Wildman–Crippen MR) is 188 cm³/mol. The Kier molecular flexibility index (Phi) is 39.5. The number of unbranched alkanes of at least 4 members (excludes halogenated alkanes) is 27. The molecule has 40 heavy (non-hydrogen) atoms. The molecule has 0 aliphatic heterocycles. The quantitative estimate of drug-likeness (QED) is 0.0678. The van der Waals surface area contributed by atoms with Crippen LogP contribution in [0.25, 0.3) is 0 Å². The summed E-state index contributed by atoms with van der Waals surface area (Å²) in [6.07, 6.45) is 46.6. The maximum absolute atomic E-state index is 2.72. The van der Waals surface area contributed by atoms with Crippen LogP contribution in [0.4, 0.5) is 0 Å². The van der Waals surface area contributed by atoms with E-state index in [0.29, 0.717) is 0 Å². The van der Waals surface area contributed by atoms with Crippen molar-refractivity contribution in [2.75, 3.05) is 13.6 Å². The molecule has 0 heterocycles. The largest absolute Gasteiger partial charge is 0.303 e. The molecular weight excluding hydrogens is 506 g/mol. The van der Waals surface area contributed by atoms with Crippen LogP contribution in [0.3, 0.4) is 0 Å². The standard InChI is InChI=1S/C38H79N.ClH/c1-5-8-10-12-14-16-18-20-21-22-24-26-28-30-32-34-37-39(4)38(35-7-3)36-33-31-29-27-25-23-19-17-15-13-11-9-6-2;/h38H,5-37H2,1-4H3;1H. The maximum atomic E-state index is 2.72. The molecule has 1 nitrogen and oxygen atoms in total. The molecule has 0 saturated carbocycles. The van der Waals surface area contributed by atoms with E-state index >= 15 is 0 Å². The van der Waals surface area contributed by atoms with Crippen LogP contribution in [0, 0.1) is 0 Å². The molecular formula is C38H80ClN. The van der Waals surface area contributed by atoms with Crippen molar-refractivity contribution in [3.8, 4) is 0 Å². The van der Waals surface area contributed by atoms with Gasteiger partial charge in [0, 0.05) is 6.04 Å². The van der Waals surface area contributed by atoms with Crippen molar-refractivity contribution in [1.82, 2.24) is 4.90 Å². The van der Waals surface area contributed by atoms with Crippen molar-refractivity contribution in [1.29, 1.82) is 0 Å². The van der Waals surface area contributed by atoms with Gasteiger partial charge in [-0.3, -0.25) is 0 Å². The van der Waals surface area contributed by atoms with Crippen molar-refractivity contribution < 1.29 is 0 Å². The molecule has 0 saturated heterocycles. The van der Waals surface area contributed by atoms with Gasteiger partial charge in [0.1, 0.15) is 0 Å². The second kappa shape index (κ2) is 37.3. The summed E-state index contributed by atoms with van der Waals surface area (Å²) in [5, 5.41) is 0. The molecule has 0 fully saturated rings. The van der Waals surface area contributed by atoms with Crippen molar-refractivity contribution in [3.63, 3.8) is 0 Å². The topological polar surface area (TPSA) is 3.24 Å². The van der Waals surface area contributed by atoms with E-state index in [-0.39, 0.29) is 12.4 Å². The molecule has 0 N–H and O–H groups in total. The van der Waals surface area contributed by atoms with E-state index < -0.39 is 0 Å². The molecule has 1 unspecified atom stereocenters. The van der Waals surface area contributed by atoms with Gasteiger partial charge < -0.3 is 4.90 Å². The predicted octanol–water partition coefficient (Wildman–Crippen LogP) is 14.3. The molecule has 0 aliphatic carbocycles. The Morgan fingerprint density at radius 3 is 0.900 bits per heavy atom. The van der Waals surface area contributed by atoms with Gasteiger partial charge in [0.25, 0.3) is 0 Å². The van der Waals surface area contributed by atoms with E-state index in [2.05, 4.69) is 32.7 Å². The highest BCUT2D eigenvalue weighted by molar-refractivity contribution is 5.85. The Hall–Kier alpha value is 0.250. The highest BCUT2D eigenvalue weighted by atomic mass is 35.5. The SMILES string of the molecule is CCCCCCCCCCCCCCCCCCN(C)C(CCC)CCCCCCCCCCCCCCC.Cl. The average molecular weight is 587 g/mol. The molecule has 0 rings (SSSR count). The number of nitrogens with zero attached hydrogens (tertiary/aromatic N) is 1. The Bertz CT molecular complexity index is 426. The summed E-state index contributed by atoms with van der Waals surface area (Å²) < 4.78 is 0. The van der Waals surface area contributed by atoms with Gasteiger partial charge in [-0.25, -0.2) is 0 Å². The van der Waals surface area contributed by atoms with Gasteiger partial charge in [0.2, 0.25) is 0 Å². The molecule has 0 aliphatic rings. The van der Waals surface area contributed by atoms with E-state index in [1.807, 2.05) is 0 Å². The van der Waals surface area contributed by atoms with Crippen molar-refractivity contribution >= 4 is 12.4 Å². The summed E-state index contributed by atoms with van der Waals surface area (Å²) in [4.78, 5) is 2.72. The van der Waals surface area contributed by atoms with Crippen LogP contribution < -0.4 is 0 Å². The summed E-state index contributed by atoms with van der Waals surface area (Å²) in [7, 11) is 2.41. The van der Waals surface area contributed by atoms with Crippen molar-refractivity contribution in [3.05, 3.63) is 0 Å². The highest BCUT2D eigenvalue weighted by Gasteiger charge is 2.13. The van der Waals surface area contributed by atoms with E-state index in [4.69, 9.17) is 0 Å². The summed E-state index contributed by atoms with van der Waals surface area (Å²) in [5.41, 5.74) is 0. The van der Waals surface area contributed by atoms with Gasteiger partial charge in [0.15, 0.2) is 0 Å². The van der Waals surface area contributed by atoms with E-state index in [1.54, 1.807) is 0 Å². The monoisotopic (exact) mass is 586 g/mol.